The van der Waals surface area contributed by atoms with E-state index in [-0.39, 0.29) is 27.8 Å². The maximum atomic E-state index is 12.9. The van der Waals surface area contributed by atoms with Gasteiger partial charge in [0.1, 0.15) is 0 Å². The second-order valence-corrected chi connectivity index (χ2v) is 8.85. The average molecular weight is 473 g/mol. The molecule has 0 bridgehead atoms. The molecule has 166 valence electrons. The molecule has 4 N–H and O–H groups in total. The van der Waals surface area contributed by atoms with Crippen LogP contribution in [-0.2, 0) is 14.8 Å². The van der Waals surface area contributed by atoms with E-state index in [2.05, 4.69) is 20.7 Å². The van der Waals surface area contributed by atoms with Crippen molar-refractivity contribution in [3.63, 3.8) is 0 Å². The smallest absolute Gasteiger partial charge is 0.319 e. The fourth-order valence-corrected chi connectivity index (χ4v) is 4.36. The van der Waals surface area contributed by atoms with Crippen LogP contribution in [0.15, 0.2) is 77.7 Å². The molecule has 0 heterocycles. The first-order valence-electron chi connectivity index (χ1n) is 9.52. The number of hydrogen-bond acceptors (Lipinski definition) is 4. The summed E-state index contributed by atoms with van der Waals surface area (Å²) in [6.45, 7) is 1.34. The van der Waals surface area contributed by atoms with E-state index < -0.39 is 22.0 Å². The van der Waals surface area contributed by atoms with Crippen molar-refractivity contribution in [1.82, 2.24) is 5.32 Å². The van der Waals surface area contributed by atoms with Gasteiger partial charge in [-0.2, -0.15) is 0 Å². The lowest BCUT2D eigenvalue weighted by Gasteiger charge is -2.13. The van der Waals surface area contributed by atoms with E-state index in [9.17, 15) is 18.0 Å². The predicted molar refractivity (Wildman–Crippen MR) is 126 cm³/mol. The minimum Gasteiger partial charge on any atom is -0.329 e. The largest absolute Gasteiger partial charge is 0.329 e. The van der Waals surface area contributed by atoms with Crippen LogP contribution in [0.4, 0.5) is 21.9 Å². The Kier molecular flexibility index (Phi) is 7.34. The molecule has 3 aromatic rings. The summed E-state index contributed by atoms with van der Waals surface area (Å²) >= 11 is 6.05. The maximum absolute atomic E-state index is 12.9. The van der Waals surface area contributed by atoms with Crippen molar-refractivity contribution in [2.24, 2.45) is 0 Å². The second-order valence-electron chi connectivity index (χ2n) is 6.79. The summed E-state index contributed by atoms with van der Waals surface area (Å²) in [6, 6.07) is 19.2. The Morgan fingerprint density at radius 3 is 2.28 bits per heavy atom. The molecule has 0 radical (unpaired) electrons. The molecular weight excluding hydrogens is 452 g/mol. The summed E-state index contributed by atoms with van der Waals surface area (Å²) in [5, 5.41) is 7.87. The van der Waals surface area contributed by atoms with Gasteiger partial charge in [0.2, 0.25) is 5.91 Å². The molecule has 10 heteroatoms. The van der Waals surface area contributed by atoms with Crippen LogP contribution in [0.3, 0.4) is 0 Å². The summed E-state index contributed by atoms with van der Waals surface area (Å²) in [5.74, 6) is -0.514. The third kappa shape index (κ3) is 6.22. The average Bonchev–Trinajstić information content (AvgIpc) is 2.76. The molecule has 0 fully saturated rings. The Labute approximate surface area is 191 Å². The van der Waals surface area contributed by atoms with Gasteiger partial charge in [0.25, 0.3) is 10.0 Å². The number of anilines is 3. The normalized spacial score (nSPS) is 10.8. The van der Waals surface area contributed by atoms with Crippen molar-refractivity contribution in [1.29, 1.82) is 0 Å². The van der Waals surface area contributed by atoms with Gasteiger partial charge in [-0.15, -0.1) is 0 Å². The number of para-hydroxylation sites is 2. The number of amides is 3. The molecule has 0 atom stereocenters. The van der Waals surface area contributed by atoms with Crippen LogP contribution in [0, 0.1) is 6.92 Å². The van der Waals surface area contributed by atoms with Crippen molar-refractivity contribution in [3.05, 3.63) is 83.4 Å². The zero-order valence-corrected chi connectivity index (χ0v) is 18.6. The van der Waals surface area contributed by atoms with Gasteiger partial charge in [-0.05, 0) is 48.9 Å². The molecule has 3 rings (SSSR count). The number of carbonyl (C=O) groups excluding carboxylic acids is 2. The van der Waals surface area contributed by atoms with Gasteiger partial charge in [0.15, 0.2) is 0 Å². The quantitative estimate of drug-likeness (QED) is 0.412. The zero-order valence-electron chi connectivity index (χ0n) is 17.1. The zero-order chi connectivity index (χ0) is 23.1. The van der Waals surface area contributed by atoms with Crippen LogP contribution in [0.25, 0.3) is 0 Å². The lowest BCUT2D eigenvalue weighted by molar-refractivity contribution is -0.115. The summed E-state index contributed by atoms with van der Waals surface area (Å²) in [7, 11) is -3.95. The third-order valence-electron chi connectivity index (χ3n) is 4.32. The maximum Gasteiger partial charge on any atom is 0.319 e. The monoisotopic (exact) mass is 472 g/mol. The topological polar surface area (TPSA) is 116 Å². The molecule has 0 saturated heterocycles. The Bertz CT molecular complexity index is 1230. The van der Waals surface area contributed by atoms with Crippen LogP contribution in [0.2, 0.25) is 5.02 Å². The standard InChI is InChI=1S/C22H21ClN4O4S/c1-15-11-12-17(13-20(15)32(30,31)27-19-10-6-5-9-18(19)23)25-21(28)14-24-22(29)26-16-7-3-2-4-8-16/h2-13,27H,14H2,1H3,(H,25,28)(H2,24,26,29). The van der Waals surface area contributed by atoms with Crippen molar-refractivity contribution in [3.8, 4) is 0 Å². The first-order chi connectivity index (χ1) is 15.2. The van der Waals surface area contributed by atoms with E-state index in [0.29, 0.717) is 11.3 Å². The number of nitrogens with one attached hydrogen (secondary N) is 4. The third-order valence-corrected chi connectivity index (χ3v) is 6.16. The number of carbonyl (C=O) groups is 2. The van der Waals surface area contributed by atoms with Crippen LogP contribution in [-0.4, -0.2) is 26.9 Å². The fourth-order valence-electron chi connectivity index (χ4n) is 2.77. The van der Waals surface area contributed by atoms with E-state index in [1.165, 1.54) is 6.07 Å². The van der Waals surface area contributed by atoms with Crippen molar-refractivity contribution in [2.75, 3.05) is 21.9 Å². The molecule has 0 aromatic heterocycles. The van der Waals surface area contributed by atoms with Gasteiger partial charge in [-0.1, -0.05) is 48.0 Å². The molecule has 3 aromatic carbocycles. The van der Waals surface area contributed by atoms with Gasteiger partial charge in [-0.3, -0.25) is 9.52 Å². The Balaban J connectivity index is 1.64. The van der Waals surface area contributed by atoms with Gasteiger partial charge in [0, 0.05) is 11.4 Å². The van der Waals surface area contributed by atoms with E-state index in [4.69, 9.17) is 11.6 Å². The molecule has 0 spiro atoms. The van der Waals surface area contributed by atoms with E-state index >= 15 is 0 Å². The van der Waals surface area contributed by atoms with Gasteiger partial charge < -0.3 is 16.0 Å². The summed E-state index contributed by atoms with van der Waals surface area (Å²) in [4.78, 5) is 24.1. The van der Waals surface area contributed by atoms with Crippen LogP contribution < -0.4 is 20.7 Å². The van der Waals surface area contributed by atoms with Gasteiger partial charge in [-0.25, -0.2) is 13.2 Å². The summed E-state index contributed by atoms with van der Waals surface area (Å²) < 4.78 is 28.2. The van der Waals surface area contributed by atoms with Crippen LogP contribution >= 0.6 is 11.6 Å². The Hall–Kier alpha value is -3.56. The molecule has 3 amide bonds. The molecule has 0 saturated carbocycles. The molecule has 8 nitrogen and oxygen atoms in total. The first-order valence-corrected chi connectivity index (χ1v) is 11.4. The SMILES string of the molecule is Cc1ccc(NC(=O)CNC(=O)Nc2ccccc2)cc1S(=O)(=O)Nc1ccccc1Cl. The number of benzene rings is 3. The van der Waals surface area contributed by atoms with Crippen molar-refractivity contribution < 1.29 is 18.0 Å². The predicted octanol–water partition coefficient (Wildman–Crippen LogP) is 4.21. The number of aryl methyl sites for hydroxylation is 1. The summed E-state index contributed by atoms with van der Waals surface area (Å²) in [5.41, 5.74) is 1.59. The van der Waals surface area contributed by atoms with E-state index in [1.54, 1.807) is 67.6 Å². The highest BCUT2D eigenvalue weighted by Crippen LogP contribution is 2.26. The van der Waals surface area contributed by atoms with Gasteiger partial charge in [0.05, 0.1) is 22.2 Å². The first kappa shape index (κ1) is 23.1. The lowest BCUT2D eigenvalue weighted by atomic mass is 10.2. The van der Waals surface area contributed by atoms with E-state index in [0.717, 1.165) is 0 Å². The number of rotatable bonds is 7. The number of urea groups is 1. The molecular formula is C22H21ClN4O4S. The second kappa shape index (κ2) is 10.2. The van der Waals surface area contributed by atoms with Crippen molar-refractivity contribution >= 4 is 50.6 Å². The summed E-state index contributed by atoms with van der Waals surface area (Å²) in [6.07, 6.45) is 0. The highest BCUT2D eigenvalue weighted by Gasteiger charge is 2.19. The number of halogens is 1. The number of sulfonamides is 1. The lowest BCUT2D eigenvalue weighted by Crippen LogP contribution is -2.35. The van der Waals surface area contributed by atoms with Crippen LogP contribution in [0.1, 0.15) is 5.56 Å². The molecule has 0 unspecified atom stereocenters. The van der Waals surface area contributed by atoms with Gasteiger partial charge >= 0.3 is 6.03 Å². The molecule has 0 aliphatic carbocycles. The minimum atomic E-state index is -3.95. The number of hydrogen-bond donors (Lipinski definition) is 4. The molecule has 0 aliphatic heterocycles. The fraction of sp³-hybridized carbons (Fsp3) is 0.0909. The highest BCUT2D eigenvalue weighted by atomic mass is 35.5. The highest BCUT2D eigenvalue weighted by molar-refractivity contribution is 7.92. The van der Waals surface area contributed by atoms with E-state index in [1.807, 2.05) is 6.07 Å². The van der Waals surface area contributed by atoms with Crippen LogP contribution in [0.5, 0.6) is 0 Å². The van der Waals surface area contributed by atoms with Crippen molar-refractivity contribution in [2.45, 2.75) is 11.8 Å². The Morgan fingerprint density at radius 2 is 1.56 bits per heavy atom. The minimum absolute atomic E-state index is 0.00926. The molecule has 0 aliphatic rings. The Morgan fingerprint density at radius 1 is 0.875 bits per heavy atom. The molecule has 32 heavy (non-hydrogen) atoms.